The van der Waals surface area contributed by atoms with Gasteiger partial charge >= 0.3 is 0 Å². The maximum Gasteiger partial charge on any atom is 0.258 e. The summed E-state index contributed by atoms with van der Waals surface area (Å²) in [6, 6.07) is 14.3. The summed E-state index contributed by atoms with van der Waals surface area (Å²) >= 11 is 0. The fourth-order valence-electron chi connectivity index (χ4n) is 2.73. The highest BCUT2D eigenvalue weighted by Gasteiger charge is 2.18. The average Bonchev–Trinajstić information content (AvgIpc) is 2.59. The molecule has 2 rings (SSSR count). The predicted molar refractivity (Wildman–Crippen MR) is 102 cm³/mol. The summed E-state index contributed by atoms with van der Waals surface area (Å²) in [5.41, 5.74) is 2.77. The van der Waals surface area contributed by atoms with Crippen LogP contribution in [0.15, 0.2) is 48.5 Å². The van der Waals surface area contributed by atoms with Gasteiger partial charge in [0.15, 0.2) is 6.61 Å². The molecule has 0 aliphatic heterocycles. The average molecular weight is 368 g/mol. The molecule has 2 aromatic carbocycles. The molecule has 0 fully saturated rings. The summed E-state index contributed by atoms with van der Waals surface area (Å²) in [5.74, 6) is -0.983. The summed E-state index contributed by atoms with van der Waals surface area (Å²) in [7, 11) is 0. The number of aliphatic carboxylic acids is 1. The Morgan fingerprint density at radius 1 is 1.07 bits per heavy atom. The van der Waals surface area contributed by atoms with E-state index in [0.29, 0.717) is 5.75 Å². The molecule has 0 spiro atoms. The van der Waals surface area contributed by atoms with Crippen molar-refractivity contribution in [2.45, 2.75) is 45.6 Å². The highest BCUT2D eigenvalue weighted by Crippen LogP contribution is 2.25. The van der Waals surface area contributed by atoms with E-state index < -0.39 is 12.0 Å². The Morgan fingerprint density at radius 2 is 1.70 bits per heavy atom. The molecule has 1 N–H and O–H groups in total. The molecule has 2 aromatic rings. The molecule has 0 saturated carbocycles. The van der Waals surface area contributed by atoms with E-state index in [-0.39, 0.29) is 24.3 Å². The normalized spacial score (nSPS) is 12.3. The molecule has 0 bridgehead atoms. The number of benzene rings is 2. The van der Waals surface area contributed by atoms with Crippen molar-refractivity contribution < 1.29 is 19.4 Å². The van der Waals surface area contributed by atoms with Gasteiger partial charge in [0.05, 0.1) is 6.04 Å². The summed E-state index contributed by atoms with van der Waals surface area (Å²) < 4.78 is 5.53. The molecule has 0 unspecified atom stereocenters. The molecule has 5 heteroatoms. The van der Waals surface area contributed by atoms with Crippen molar-refractivity contribution in [3.8, 4) is 5.75 Å². The Hall–Kier alpha value is -2.82. The molecule has 0 aliphatic rings. The molecule has 1 amide bonds. The zero-order valence-corrected chi connectivity index (χ0v) is 16.2. The lowest BCUT2D eigenvalue weighted by molar-refractivity contribution is -0.306. The van der Waals surface area contributed by atoms with Gasteiger partial charge in [-0.05, 0) is 35.1 Å². The maximum absolute atomic E-state index is 12.3. The monoisotopic (exact) mass is 368 g/mol. The molecule has 0 aromatic heterocycles. The van der Waals surface area contributed by atoms with E-state index >= 15 is 0 Å². The van der Waals surface area contributed by atoms with Crippen molar-refractivity contribution >= 4 is 11.9 Å². The second-order valence-corrected chi connectivity index (χ2v) is 7.62. The Bertz CT molecular complexity index is 791. The van der Waals surface area contributed by atoms with E-state index in [4.69, 9.17) is 4.74 Å². The summed E-state index contributed by atoms with van der Waals surface area (Å²) in [4.78, 5) is 23.4. The van der Waals surface area contributed by atoms with Crippen molar-refractivity contribution in [3.63, 3.8) is 0 Å². The van der Waals surface area contributed by atoms with Gasteiger partial charge in [0.2, 0.25) is 0 Å². The third-order valence-electron chi connectivity index (χ3n) is 4.34. The highest BCUT2D eigenvalue weighted by molar-refractivity contribution is 5.79. The SMILES string of the molecule is Cc1ccccc1OCC(=O)N[C@H](CC(=O)[O-])c1ccc(C(C)(C)C)cc1. The lowest BCUT2D eigenvalue weighted by Crippen LogP contribution is -2.36. The number of para-hydroxylation sites is 1. The minimum atomic E-state index is -1.22. The molecule has 1 atom stereocenters. The molecule has 144 valence electrons. The lowest BCUT2D eigenvalue weighted by atomic mass is 9.86. The first kappa shape index (κ1) is 20.5. The maximum atomic E-state index is 12.3. The number of carboxylic acid groups (broad SMARTS) is 1. The van der Waals surface area contributed by atoms with Gasteiger partial charge in [0.1, 0.15) is 5.75 Å². The molecule has 0 saturated heterocycles. The van der Waals surface area contributed by atoms with Gasteiger partial charge in [-0.25, -0.2) is 0 Å². The number of nitrogens with one attached hydrogen (secondary N) is 1. The number of hydrogen-bond donors (Lipinski definition) is 1. The zero-order chi connectivity index (χ0) is 20.0. The standard InChI is InChI=1S/C22H27NO4/c1-15-7-5-6-8-19(15)27-14-20(24)23-18(13-21(25)26)16-9-11-17(12-10-16)22(2,3)4/h5-12,18H,13-14H2,1-4H3,(H,23,24)(H,25,26)/p-1/t18-/m1/s1. The summed E-state index contributed by atoms with van der Waals surface area (Å²) in [6.45, 7) is 8.01. The largest absolute Gasteiger partial charge is 0.550 e. The number of rotatable bonds is 7. The third-order valence-corrected chi connectivity index (χ3v) is 4.34. The van der Waals surface area contributed by atoms with Crippen LogP contribution in [-0.2, 0) is 15.0 Å². The van der Waals surface area contributed by atoms with Gasteiger partial charge in [0.25, 0.3) is 5.91 Å². The van der Waals surface area contributed by atoms with Gasteiger partial charge < -0.3 is 20.0 Å². The minimum absolute atomic E-state index is 0.00693. The first-order valence-corrected chi connectivity index (χ1v) is 8.95. The van der Waals surface area contributed by atoms with E-state index in [2.05, 4.69) is 26.1 Å². The predicted octanol–water partition coefficient (Wildman–Crippen LogP) is 2.67. The number of carbonyl (C=O) groups is 2. The number of carbonyl (C=O) groups excluding carboxylic acids is 2. The zero-order valence-electron chi connectivity index (χ0n) is 16.2. The smallest absolute Gasteiger partial charge is 0.258 e. The number of carboxylic acids is 1. The van der Waals surface area contributed by atoms with Crippen LogP contribution < -0.4 is 15.2 Å². The molecule has 27 heavy (non-hydrogen) atoms. The molecule has 0 radical (unpaired) electrons. The number of aryl methyl sites for hydroxylation is 1. The molecule has 0 aliphatic carbocycles. The Labute approximate surface area is 160 Å². The number of amides is 1. The fraction of sp³-hybridized carbons (Fsp3) is 0.364. The van der Waals surface area contributed by atoms with Crippen LogP contribution in [0.2, 0.25) is 0 Å². The Balaban J connectivity index is 2.06. The molecule has 0 heterocycles. The van der Waals surface area contributed by atoms with E-state index in [1.165, 1.54) is 0 Å². The van der Waals surface area contributed by atoms with Crippen molar-refractivity contribution in [2.75, 3.05) is 6.61 Å². The number of hydrogen-bond acceptors (Lipinski definition) is 4. The summed E-state index contributed by atoms with van der Waals surface area (Å²) in [5, 5.41) is 13.8. The second kappa shape index (κ2) is 8.71. The van der Waals surface area contributed by atoms with E-state index in [0.717, 1.165) is 16.7 Å². The van der Waals surface area contributed by atoms with Crippen LogP contribution in [0.1, 0.15) is 49.9 Å². The highest BCUT2D eigenvalue weighted by atomic mass is 16.5. The van der Waals surface area contributed by atoms with Gasteiger partial charge in [-0.15, -0.1) is 0 Å². The van der Waals surface area contributed by atoms with Gasteiger partial charge in [-0.2, -0.15) is 0 Å². The van der Waals surface area contributed by atoms with Crippen LogP contribution in [0, 0.1) is 6.92 Å². The van der Waals surface area contributed by atoms with E-state index in [9.17, 15) is 14.7 Å². The third kappa shape index (κ3) is 6.13. The van der Waals surface area contributed by atoms with Crippen LogP contribution >= 0.6 is 0 Å². The summed E-state index contributed by atoms with van der Waals surface area (Å²) in [6.07, 6.45) is -0.301. The van der Waals surface area contributed by atoms with Crippen molar-refractivity contribution in [2.24, 2.45) is 0 Å². The first-order valence-electron chi connectivity index (χ1n) is 8.95. The van der Waals surface area contributed by atoms with Crippen LogP contribution in [0.3, 0.4) is 0 Å². The van der Waals surface area contributed by atoms with Gasteiger partial charge in [-0.3, -0.25) is 4.79 Å². The van der Waals surface area contributed by atoms with Gasteiger partial charge in [-0.1, -0.05) is 63.2 Å². The quantitative estimate of drug-likeness (QED) is 0.815. The van der Waals surface area contributed by atoms with Gasteiger partial charge in [0, 0.05) is 12.4 Å². The van der Waals surface area contributed by atoms with E-state index in [1.54, 1.807) is 6.07 Å². The molecular weight excluding hydrogens is 342 g/mol. The molecular formula is C22H26NO4-. The fourth-order valence-corrected chi connectivity index (χ4v) is 2.73. The molecule has 5 nitrogen and oxygen atoms in total. The van der Waals surface area contributed by atoms with Crippen LogP contribution in [0.25, 0.3) is 0 Å². The van der Waals surface area contributed by atoms with Crippen LogP contribution in [0.5, 0.6) is 5.75 Å². The lowest BCUT2D eigenvalue weighted by Gasteiger charge is -2.23. The first-order chi connectivity index (χ1) is 12.7. The second-order valence-electron chi connectivity index (χ2n) is 7.62. The Kier molecular flexibility index (Phi) is 6.61. The Morgan fingerprint density at radius 3 is 2.26 bits per heavy atom. The van der Waals surface area contributed by atoms with Crippen molar-refractivity contribution in [1.82, 2.24) is 5.32 Å². The minimum Gasteiger partial charge on any atom is -0.550 e. The number of ether oxygens (including phenoxy) is 1. The van der Waals surface area contributed by atoms with E-state index in [1.807, 2.05) is 49.4 Å². The van der Waals surface area contributed by atoms with Crippen molar-refractivity contribution in [1.29, 1.82) is 0 Å². The van der Waals surface area contributed by atoms with Crippen LogP contribution in [-0.4, -0.2) is 18.5 Å². The topological polar surface area (TPSA) is 78.5 Å². The van der Waals surface area contributed by atoms with Crippen molar-refractivity contribution in [3.05, 3.63) is 65.2 Å². The van der Waals surface area contributed by atoms with Crippen LogP contribution in [0.4, 0.5) is 0 Å².